The molecule has 2 fully saturated rings. The van der Waals surface area contributed by atoms with Crippen LogP contribution in [0.15, 0.2) is 45.9 Å². The van der Waals surface area contributed by atoms with E-state index >= 15 is 0 Å². The normalized spacial score (nSPS) is 24.6. The number of halogens is 1. The topological polar surface area (TPSA) is 71.5 Å². The minimum atomic E-state index is -0.528. The van der Waals surface area contributed by atoms with Crippen molar-refractivity contribution >= 4 is 33.8 Å². The molecule has 3 heterocycles. The van der Waals surface area contributed by atoms with Gasteiger partial charge in [-0.1, -0.05) is 40.2 Å². The molecular weight excluding hydrogens is 448 g/mol. The minimum Gasteiger partial charge on any atom is -0.340 e. The van der Waals surface area contributed by atoms with Crippen molar-refractivity contribution in [2.24, 2.45) is 4.99 Å². The first-order valence-corrected chi connectivity index (χ1v) is 10.9. The quantitative estimate of drug-likeness (QED) is 0.672. The first-order chi connectivity index (χ1) is 14.3. The number of carbonyl (C=O) groups is 2. The first-order valence-electron chi connectivity index (χ1n) is 10.1. The number of amides is 3. The fraction of sp³-hybridized carbons (Fsp3) is 0.476. The fourth-order valence-electron chi connectivity index (χ4n) is 4.22. The van der Waals surface area contributed by atoms with Gasteiger partial charge in [-0.2, -0.15) is 0 Å². The summed E-state index contributed by atoms with van der Waals surface area (Å²) in [5.74, 6) is 0.500. The van der Waals surface area contributed by atoms with Gasteiger partial charge in [0.1, 0.15) is 0 Å². The maximum absolute atomic E-state index is 12.8. The van der Waals surface area contributed by atoms with E-state index < -0.39 is 18.2 Å². The molecule has 1 N–H and O–H groups in total. The number of hydrogen-bond donors (Lipinski definition) is 1. The summed E-state index contributed by atoms with van der Waals surface area (Å²) in [4.78, 5) is 38.0. The van der Waals surface area contributed by atoms with Crippen molar-refractivity contribution in [2.45, 2.75) is 25.7 Å². The molecule has 160 valence electrons. The number of piperazine rings is 1. The van der Waals surface area contributed by atoms with Crippen LogP contribution in [0.25, 0.3) is 0 Å². The average Bonchev–Trinajstić information content (AvgIpc) is 3.08. The smallest absolute Gasteiger partial charge is 0.325 e. The van der Waals surface area contributed by atoms with Crippen molar-refractivity contribution in [2.75, 3.05) is 39.8 Å². The molecule has 9 heteroatoms. The monoisotopic (exact) mass is 474 g/mol. The number of nitrogens with one attached hydrogen (secondary N) is 1. The second-order valence-electron chi connectivity index (χ2n) is 8.17. The molecule has 0 aliphatic carbocycles. The first kappa shape index (κ1) is 20.9. The molecule has 0 saturated carbocycles. The zero-order valence-electron chi connectivity index (χ0n) is 17.3. The molecule has 4 rings (SSSR count). The Hall–Kier alpha value is -2.39. The molecule has 3 aliphatic heterocycles. The summed E-state index contributed by atoms with van der Waals surface area (Å²) < 4.78 is 1.01. The van der Waals surface area contributed by atoms with Crippen molar-refractivity contribution in [3.05, 3.63) is 46.5 Å². The van der Waals surface area contributed by atoms with Gasteiger partial charge in [0, 0.05) is 50.8 Å². The predicted octanol–water partition coefficient (Wildman–Crippen LogP) is 1.69. The van der Waals surface area contributed by atoms with E-state index in [-0.39, 0.29) is 5.91 Å². The molecule has 2 saturated heterocycles. The molecular formula is C21H27BrN6O2. The number of likely N-dealkylation sites (N-methyl/N-ethyl adjacent to an activating group) is 1. The zero-order chi connectivity index (χ0) is 21.4. The van der Waals surface area contributed by atoms with E-state index in [1.165, 1.54) is 4.90 Å². The number of rotatable bonds is 4. The van der Waals surface area contributed by atoms with Crippen LogP contribution < -0.4 is 5.32 Å². The molecule has 1 aromatic carbocycles. The Balaban J connectivity index is 1.58. The lowest BCUT2D eigenvalue weighted by molar-refractivity contribution is -0.127. The van der Waals surface area contributed by atoms with Gasteiger partial charge in [0.2, 0.25) is 0 Å². The van der Waals surface area contributed by atoms with Gasteiger partial charge < -0.3 is 14.7 Å². The van der Waals surface area contributed by atoms with Crippen molar-refractivity contribution in [1.29, 1.82) is 0 Å². The van der Waals surface area contributed by atoms with Gasteiger partial charge in [0.05, 0.1) is 0 Å². The largest absolute Gasteiger partial charge is 0.340 e. The number of hydrogen-bond acceptors (Lipinski definition) is 6. The van der Waals surface area contributed by atoms with Gasteiger partial charge in [0.25, 0.3) is 5.91 Å². The van der Waals surface area contributed by atoms with Crippen LogP contribution in [0.2, 0.25) is 0 Å². The second kappa shape index (κ2) is 8.39. The highest BCUT2D eigenvalue weighted by atomic mass is 79.9. The van der Waals surface area contributed by atoms with Crippen molar-refractivity contribution in [3.63, 3.8) is 0 Å². The Morgan fingerprint density at radius 2 is 1.87 bits per heavy atom. The Kier molecular flexibility index (Phi) is 5.84. The fourth-order valence-corrected chi connectivity index (χ4v) is 4.48. The standard InChI is InChI=1S/C21H27BrN6O2/c1-14(2)12-26-8-10-27(11-9-26)20-23-18-17(19(29)24-21(30)25(18)3)28(20)13-15-4-6-16(22)7-5-15/h4-7,17-18H,1,8-13H2,2-3H3,(H,24,29,30). The van der Waals surface area contributed by atoms with E-state index in [1.807, 2.05) is 36.1 Å². The number of nitrogens with zero attached hydrogens (tertiary/aromatic N) is 5. The third-order valence-corrected chi connectivity index (χ3v) is 6.28. The maximum Gasteiger partial charge on any atom is 0.325 e. The minimum absolute atomic E-state index is 0.292. The highest BCUT2D eigenvalue weighted by molar-refractivity contribution is 9.10. The summed E-state index contributed by atoms with van der Waals surface area (Å²) in [6, 6.07) is 7.13. The lowest BCUT2D eigenvalue weighted by Gasteiger charge is -2.40. The number of imide groups is 1. The van der Waals surface area contributed by atoms with Crippen LogP contribution in [0.1, 0.15) is 12.5 Å². The Morgan fingerprint density at radius 3 is 2.50 bits per heavy atom. The van der Waals surface area contributed by atoms with E-state index in [0.717, 1.165) is 54.3 Å². The van der Waals surface area contributed by atoms with Crippen LogP contribution in [0.3, 0.4) is 0 Å². The maximum atomic E-state index is 12.8. The molecule has 0 aromatic heterocycles. The van der Waals surface area contributed by atoms with Crippen LogP contribution in [0, 0.1) is 0 Å². The van der Waals surface area contributed by atoms with E-state index in [0.29, 0.717) is 6.54 Å². The Morgan fingerprint density at radius 1 is 1.20 bits per heavy atom. The molecule has 2 atom stereocenters. The lowest BCUT2D eigenvalue weighted by Crippen LogP contribution is -2.64. The van der Waals surface area contributed by atoms with Crippen LogP contribution in [0.4, 0.5) is 4.79 Å². The number of guanidine groups is 1. The molecule has 0 bridgehead atoms. The molecule has 3 amide bonds. The van der Waals surface area contributed by atoms with Gasteiger partial charge in [-0.3, -0.25) is 15.0 Å². The number of benzene rings is 1. The lowest BCUT2D eigenvalue weighted by atomic mass is 10.1. The van der Waals surface area contributed by atoms with E-state index in [4.69, 9.17) is 4.99 Å². The number of fused-ring (bicyclic) bond motifs is 1. The van der Waals surface area contributed by atoms with E-state index in [9.17, 15) is 9.59 Å². The van der Waals surface area contributed by atoms with Crippen molar-refractivity contribution < 1.29 is 9.59 Å². The molecule has 0 spiro atoms. The molecule has 0 radical (unpaired) electrons. The van der Waals surface area contributed by atoms with Crippen molar-refractivity contribution in [1.82, 2.24) is 24.9 Å². The molecule has 1 aromatic rings. The van der Waals surface area contributed by atoms with E-state index in [1.54, 1.807) is 7.05 Å². The van der Waals surface area contributed by atoms with Gasteiger partial charge in [0.15, 0.2) is 18.2 Å². The van der Waals surface area contributed by atoms with Crippen LogP contribution in [0.5, 0.6) is 0 Å². The summed E-state index contributed by atoms with van der Waals surface area (Å²) in [5.41, 5.74) is 2.24. The molecule has 2 unspecified atom stereocenters. The van der Waals surface area contributed by atoms with Crippen LogP contribution in [-0.2, 0) is 11.3 Å². The zero-order valence-corrected chi connectivity index (χ0v) is 18.9. The van der Waals surface area contributed by atoms with Crippen LogP contribution in [-0.4, -0.2) is 89.5 Å². The second-order valence-corrected chi connectivity index (χ2v) is 9.08. The summed E-state index contributed by atoms with van der Waals surface area (Å²) in [7, 11) is 1.69. The van der Waals surface area contributed by atoms with E-state index in [2.05, 4.69) is 37.6 Å². The highest BCUT2D eigenvalue weighted by Gasteiger charge is 2.49. The molecule has 30 heavy (non-hydrogen) atoms. The number of aliphatic imine (C=N–C) groups is 1. The van der Waals surface area contributed by atoms with Gasteiger partial charge in [-0.15, -0.1) is 0 Å². The summed E-state index contributed by atoms with van der Waals surface area (Å²) in [6.07, 6.45) is -0.509. The van der Waals surface area contributed by atoms with Gasteiger partial charge >= 0.3 is 6.03 Å². The SMILES string of the molecule is C=C(C)CN1CCN(C2=NC3C(C(=O)NC(=O)N3C)N2Cc2ccc(Br)cc2)CC1. The summed E-state index contributed by atoms with van der Waals surface area (Å²) in [6.45, 7) is 11.0. The van der Waals surface area contributed by atoms with Gasteiger partial charge in [-0.05, 0) is 24.6 Å². The van der Waals surface area contributed by atoms with Crippen molar-refractivity contribution in [3.8, 4) is 0 Å². The number of carbonyl (C=O) groups excluding carboxylic acids is 2. The average molecular weight is 475 g/mol. The molecule has 8 nitrogen and oxygen atoms in total. The predicted molar refractivity (Wildman–Crippen MR) is 119 cm³/mol. The van der Waals surface area contributed by atoms with Gasteiger partial charge in [-0.25, -0.2) is 9.79 Å². The number of urea groups is 1. The third-order valence-electron chi connectivity index (χ3n) is 5.75. The summed E-state index contributed by atoms with van der Waals surface area (Å²) in [5, 5.41) is 2.47. The Labute approximate surface area is 185 Å². The summed E-state index contributed by atoms with van der Waals surface area (Å²) >= 11 is 3.47. The highest BCUT2D eigenvalue weighted by Crippen LogP contribution is 2.28. The molecule has 3 aliphatic rings. The Bertz CT molecular complexity index is 878. The van der Waals surface area contributed by atoms with Crippen LogP contribution >= 0.6 is 15.9 Å². The third kappa shape index (κ3) is 4.09.